The highest BCUT2D eigenvalue weighted by molar-refractivity contribution is 5.39. The first-order chi connectivity index (χ1) is 8.83. The van der Waals surface area contributed by atoms with Crippen molar-refractivity contribution in [1.82, 2.24) is 4.98 Å². The van der Waals surface area contributed by atoms with Crippen LogP contribution in [0.2, 0.25) is 0 Å². The number of fused-ring (bicyclic) bond motifs is 1. The van der Waals surface area contributed by atoms with Gasteiger partial charge in [-0.25, -0.2) is 9.37 Å². The Hall–Kier alpha value is -1.90. The van der Waals surface area contributed by atoms with E-state index >= 15 is 0 Å². The number of anilines is 1. The third-order valence-corrected chi connectivity index (χ3v) is 3.45. The SMILES string of the molecule is Fc1cccnc1NC1CCc2ccccc2C1. The van der Waals surface area contributed by atoms with E-state index in [9.17, 15) is 4.39 Å². The van der Waals surface area contributed by atoms with Gasteiger partial charge in [-0.3, -0.25) is 0 Å². The number of nitrogens with one attached hydrogen (secondary N) is 1. The van der Waals surface area contributed by atoms with Gasteiger partial charge >= 0.3 is 0 Å². The molecular weight excluding hydrogens is 227 g/mol. The molecule has 1 aromatic heterocycles. The summed E-state index contributed by atoms with van der Waals surface area (Å²) in [4.78, 5) is 4.04. The molecule has 2 aromatic rings. The van der Waals surface area contributed by atoms with Crippen LogP contribution in [0.1, 0.15) is 17.5 Å². The van der Waals surface area contributed by atoms with E-state index in [1.807, 2.05) is 0 Å². The summed E-state index contributed by atoms with van der Waals surface area (Å²) in [6.07, 6.45) is 4.61. The molecule has 0 radical (unpaired) electrons. The molecule has 0 bridgehead atoms. The average Bonchev–Trinajstić information content (AvgIpc) is 2.41. The Bertz CT molecular complexity index is 554. The molecule has 0 saturated heterocycles. The average molecular weight is 242 g/mol. The first-order valence-electron chi connectivity index (χ1n) is 6.27. The molecule has 1 N–H and O–H groups in total. The molecule has 0 spiro atoms. The van der Waals surface area contributed by atoms with Gasteiger partial charge in [-0.1, -0.05) is 24.3 Å². The van der Waals surface area contributed by atoms with E-state index < -0.39 is 0 Å². The first-order valence-corrected chi connectivity index (χ1v) is 6.27. The number of rotatable bonds is 2. The second kappa shape index (κ2) is 4.77. The van der Waals surface area contributed by atoms with Crippen LogP contribution in [0.5, 0.6) is 0 Å². The van der Waals surface area contributed by atoms with Gasteiger partial charge in [0.05, 0.1) is 0 Å². The van der Waals surface area contributed by atoms with Crippen LogP contribution in [0.3, 0.4) is 0 Å². The normalized spacial score (nSPS) is 18.2. The highest BCUT2D eigenvalue weighted by atomic mass is 19.1. The van der Waals surface area contributed by atoms with E-state index in [1.165, 1.54) is 17.2 Å². The Morgan fingerprint density at radius 2 is 1.94 bits per heavy atom. The van der Waals surface area contributed by atoms with Gasteiger partial charge in [-0.15, -0.1) is 0 Å². The molecule has 1 atom stereocenters. The Morgan fingerprint density at radius 1 is 1.11 bits per heavy atom. The summed E-state index contributed by atoms with van der Waals surface area (Å²) < 4.78 is 13.5. The molecule has 0 amide bonds. The molecular formula is C15H15FN2. The fraction of sp³-hybridized carbons (Fsp3) is 0.267. The van der Waals surface area contributed by atoms with E-state index in [0.29, 0.717) is 5.82 Å². The summed E-state index contributed by atoms with van der Waals surface area (Å²) in [5.74, 6) is 0.0817. The van der Waals surface area contributed by atoms with Crippen LogP contribution in [0.25, 0.3) is 0 Å². The minimum atomic E-state index is -0.281. The third kappa shape index (κ3) is 2.21. The van der Waals surface area contributed by atoms with Crippen LogP contribution in [-0.2, 0) is 12.8 Å². The summed E-state index contributed by atoms with van der Waals surface area (Å²) >= 11 is 0. The van der Waals surface area contributed by atoms with Crippen molar-refractivity contribution in [3.8, 4) is 0 Å². The van der Waals surface area contributed by atoms with E-state index in [4.69, 9.17) is 0 Å². The molecule has 18 heavy (non-hydrogen) atoms. The monoisotopic (exact) mass is 242 g/mol. The van der Waals surface area contributed by atoms with Crippen LogP contribution in [0, 0.1) is 5.82 Å². The topological polar surface area (TPSA) is 24.9 Å². The summed E-state index contributed by atoms with van der Waals surface area (Å²) in [5, 5.41) is 3.20. The third-order valence-electron chi connectivity index (χ3n) is 3.45. The Morgan fingerprint density at radius 3 is 2.78 bits per heavy atom. The van der Waals surface area contributed by atoms with Crippen LogP contribution in [0.15, 0.2) is 42.6 Å². The maximum Gasteiger partial charge on any atom is 0.165 e. The van der Waals surface area contributed by atoms with Crippen LogP contribution in [0.4, 0.5) is 10.2 Å². The Labute approximate surface area is 106 Å². The molecule has 3 rings (SSSR count). The van der Waals surface area contributed by atoms with Crippen LogP contribution < -0.4 is 5.32 Å². The maximum atomic E-state index is 13.5. The molecule has 3 heteroatoms. The lowest BCUT2D eigenvalue weighted by atomic mass is 9.88. The van der Waals surface area contributed by atoms with Crippen LogP contribution >= 0.6 is 0 Å². The number of aryl methyl sites for hydroxylation is 1. The van der Waals surface area contributed by atoms with Crippen molar-refractivity contribution in [2.75, 3.05) is 5.32 Å². The zero-order chi connectivity index (χ0) is 12.4. The maximum absolute atomic E-state index is 13.5. The fourth-order valence-electron chi connectivity index (χ4n) is 2.51. The van der Waals surface area contributed by atoms with Gasteiger partial charge in [0, 0.05) is 12.2 Å². The number of aromatic nitrogens is 1. The number of benzene rings is 1. The number of nitrogens with zero attached hydrogens (tertiary/aromatic N) is 1. The predicted octanol–water partition coefficient (Wildman–Crippen LogP) is 3.19. The van der Waals surface area contributed by atoms with Crippen molar-refractivity contribution in [3.63, 3.8) is 0 Å². The predicted molar refractivity (Wildman–Crippen MR) is 70.1 cm³/mol. The minimum absolute atomic E-state index is 0.268. The minimum Gasteiger partial charge on any atom is -0.365 e. The second-order valence-corrected chi connectivity index (χ2v) is 4.69. The first kappa shape index (κ1) is 11.2. The van der Waals surface area contributed by atoms with Crippen molar-refractivity contribution in [2.24, 2.45) is 0 Å². The Balaban J connectivity index is 1.75. The molecule has 0 aliphatic heterocycles. The summed E-state index contributed by atoms with van der Waals surface area (Å²) in [6, 6.07) is 11.8. The van der Waals surface area contributed by atoms with Crippen molar-refractivity contribution >= 4 is 5.82 Å². The van der Waals surface area contributed by atoms with Crippen molar-refractivity contribution < 1.29 is 4.39 Å². The zero-order valence-electron chi connectivity index (χ0n) is 10.1. The Kier molecular flexibility index (Phi) is 2.97. The van der Waals surface area contributed by atoms with Gasteiger partial charge in [0.25, 0.3) is 0 Å². The highest BCUT2D eigenvalue weighted by Gasteiger charge is 2.19. The van der Waals surface area contributed by atoms with E-state index in [2.05, 4.69) is 34.6 Å². The van der Waals surface area contributed by atoms with E-state index in [0.717, 1.165) is 19.3 Å². The molecule has 1 unspecified atom stereocenters. The molecule has 1 aliphatic carbocycles. The zero-order valence-corrected chi connectivity index (χ0v) is 10.1. The van der Waals surface area contributed by atoms with Gasteiger partial charge < -0.3 is 5.32 Å². The lowest BCUT2D eigenvalue weighted by Gasteiger charge is -2.25. The number of hydrogen-bond acceptors (Lipinski definition) is 2. The molecule has 2 nitrogen and oxygen atoms in total. The second-order valence-electron chi connectivity index (χ2n) is 4.69. The van der Waals surface area contributed by atoms with Gasteiger partial charge in [0.1, 0.15) is 0 Å². The molecule has 1 aromatic carbocycles. The van der Waals surface area contributed by atoms with E-state index in [1.54, 1.807) is 12.3 Å². The van der Waals surface area contributed by atoms with Crippen molar-refractivity contribution in [1.29, 1.82) is 0 Å². The lowest BCUT2D eigenvalue weighted by molar-refractivity contribution is 0.587. The molecule has 1 heterocycles. The highest BCUT2D eigenvalue weighted by Crippen LogP contribution is 2.23. The van der Waals surface area contributed by atoms with Crippen LogP contribution in [-0.4, -0.2) is 11.0 Å². The molecule has 1 aliphatic rings. The van der Waals surface area contributed by atoms with Crippen molar-refractivity contribution in [2.45, 2.75) is 25.3 Å². The van der Waals surface area contributed by atoms with Gasteiger partial charge in [-0.05, 0) is 42.5 Å². The summed E-state index contributed by atoms with van der Waals surface area (Å²) in [7, 11) is 0. The van der Waals surface area contributed by atoms with Gasteiger partial charge in [-0.2, -0.15) is 0 Å². The van der Waals surface area contributed by atoms with Gasteiger partial charge in [0.15, 0.2) is 11.6 Å². The summed E-state index contributed by atoms with van der Waals surface area (Å²) in [5.41, 5.74) is 2.77. The number of hydrogen-bond donors (Lipinski definition) is 1. The summed E-state index contributed by atoms with van der Waals surface area (Å²) in [6.45, 7) is 0. The lowest BCUT2D eigenvalue weighted by Crippen LogP contribution is -2.28. The largest absolute Gasteiger partial charge is 0.365 e. The van der Waals surface area contributed by atoms with E-state index in [-0.39, 0.29) is 11.9 Å². The number of pyridine rings is 1. The molecule has 92 valence electrons. The number of halogens is 1. The fourth-order valence-corrected chi connectivity index (χ4v) is 2.51. The molecule has 0 fully saturated rings. The quantitative estimate of drug-likeness (QED) is 0.874. The molecule has 0 saturated carbocycles. The standard InChI is InChI=1S/C15H15FN2/c16-14-6-3-9-17-15(14)18-13-8-7-11-4-1-2-5-12(11)10-13/h1-6,9,13H,7-8,10H2,(H,17,18). The van der Waals surface area contributed by atoms with Crippen molar-refractivity contribution in [3.05, 3.63) is 59.5 Å². The smallest absolute Gasteiger partial charge is 0.165 e. The van der Waals surface area contributed by atoms with Gasteiger partial charge in [0.2, 0.25) is 0 Å².